The quantitative estimate of drug-likeness (QED) is 0.741. The van der Waals surface area contributed by atoms with Gasteiger partial charge in [-0.3, -0.25) is 9.59 Å². The number of benzene rings is 2. The summed E-state index contributed by atoms with van der Waals surface area (Å²) in [4.78, 5) is 27.5. The van der Waals surface area contributed by atoms with E-state index in [1.165, 1.54) is 11.8 Å². The highest BCUT2D eigenvalue weighted by Crippen LogP contribution is 2.35. The Hall–Kier alpha value is -2.73. The van der Waals surface area contributed by atoms with Crippen LogP contribution in [0.3, 0.4) is 0 Å². The second kappa shape index (κ2) is 7.12. The van der Waals surface area contributed by atoms with Crippen LogP contribution in [0, 0.1) is 6.92 Å². The van der Waals surface area contributed by atoms with Crippen LogP contribution in [0.15, 0.2) is 57.8 Å². The van der Waals surface area contributed by atoms with E-state index in [1.807, 2.05) is 62.4 Å². The van der Waals surface area contributed by atoms with Crippen LogP contribution in [0.5, 0.6) is 0 Å². The molecule has 0 fully saturated rings. The lowest BCUT2D eigenvalue weighted by atomic mass is 10.1. The fourth-order valence-corrected chi connectivity index (χ4v) is 4.37. The smallest absolute Gasteiger partial charge is 0.240 e. The highest BCUT2D eigenvalue weighted by molar-refractivity contribution is 8.00. The van der Waals surface area contributed by atoms with E-state index in [1.54, 1.807) is 4.90 Å². The molecule has 27 heavy (non-hydrogen) atoms. The maximum Gasteiger partial charge on any atom is 0.240 e. The second-order valence-corrected chi connectivity index (χ2v) is 7.63. The number of thioether (sulfide) groups is 1. The second-order valence-electron chi connectivity index (χ2n) is 6.61. The Bertz CT molecular complexity index is 1030. The Morgan fingerprint density at radius 3 is 2.78 bits per heavy atom. The zero-order valence-electron chi connectivity index (χ0n) is 15.2. The van der Waals surface area contributed by atoms with Crippen molar-refractivity contribution in [2.24, 2.45) is 0 Å². The molecule has 6 heteroatoms. The molecule has 4 rings (SSSR count). The summed E-state index contributed by atoms with van der Waals surface area (Å²) in [7, 11) is 0. The van der Waals surface area contributed by atoms with Crippen LogP contribution < -0.4 is 10.2 Å². The van der Waals surface area contributed by atoms with Gasteiger partial charge in [0.25, 0.3) is 0 Å². The number of rotatable bonds is 4. The third-order valence-electron chi connectivity index (χ3n) is 4.76. The number of furan rings is 1. The molecule has 5 nitrogen and oxygen atoms in total. The van der Waals surface area contributed by atoms with Crippen LogP contribution in [0.4, 0.5) is 5.69 Å². The highest BCUT2D eigenvalue weighted by atomic mass is 32.2. The third-order valence-corrected chi connectivity index (χ3v) is 5.81. The van der Waals surface area contributed by atoms with E-state index >= 15 is 0 Å². The average Bonchev–Trinajstić information content (AvgIpc) is 3.01. The Morgan fingerprint density at radius 1 is 1.22 bits per heavy atom. The molecular formula is C21H20N2O3S. The van der Waals surface area contributed by atoms with Gasteiger partial charge in [0.15, 0.2) is 0 Å². The normalized spacial score (nSPS) is 14.9. The number of anilines is 1. The molecule has 1 aliphatic rings. The Labute approximate surface area is 161 Å². The molecule has 1 aromatic heterocycles. The van der Waals surface area contributed by atoms with Gasteiger partial charge in [0.2, 0.25) is 11.8 Å². The number of hydrogen-bond acceptors (Lipinski definition) is 4. The molecule has 3 aromatic rings. The van der Waals surface area contributed by atoms with Crippen molar-refractivity contribution in [2.75, 3.05) is 17.2 Å². The topological polar surface area (TPSA) is 62.6 Å². The largest absolute Gasteiger partial charge is 0.459 e. The lowest BCUT2D eigenvalue weighted by Gasteiger charge is -2.28. The number of para-hydroxylation sites is 2. The number of nitrogens with one attached hydrogen (secondary N) is 1. The van der Waals surface area contributed by atoms with Crippen LogP contribution in [0.25, 0.3) is 11.0 Å². The van der Waals surface area contributed by atoms with E-state index in [4.69, 9.17) is 4.42 Å². The lowest BCUT2D eigenvalue weighted by Crippen LogP contribution is -2.43. The van der Waals surface area contributed by atoms with Gasteiger partial charge in [-0.25, -0.2) is 0 Å². The highest BCUT2D eigenvalue weighted by Gasteiger charge is 2.27. The lowest BCUT2D eigenvalue weighted by molar-refractivity contribution is -0.123. The molecule has 0 bridgehead atoms. The summed E-state index contributed by atoms with van der Waals surface area (Å²) in [6.45, 7) is 3.88. The van der Waals surface area contributed by atoms with Crippen molar-refractivity contribution in [1.29, 1.82) is 0 Å². The molecule has 1 N–H and O–H groups in total. The van der Waals surface area contributed by atoms with Gasteiger partial charge in [0.05, 0.1) is 17.5 Å². The van der Waals surface area contributed by atoms with Crippen LogP contribution in [0.2, 0.25) is 0 Å². The molecule has 2 heterocycles. The summed E-state index contributed by atoms with van der Waals surface area (Å²) < 4.78 is 5.93. The minimum atomic E-state index is -0.283. The fraction of sp³-hybridized carbons (Fsp3) is 0.238. The summed E-state index contributed by atoms with van der Waals surface area (Å²) in [5.74, 6) is 0.826. The summed E-state index contributed by atoms with van der Waals surface area (Å²) in [6.07, 6.45) is 0. The number of aryl methyl sites for hydroxylation is 1. The van der Waals surface area contributed by atoms with Gasteiger partial charge in [-0.2, -0.15) is 0 Å². The van der Waals surface area contributed by atoms with Crippen LogP contribution in [-0.4, -0.2) is 24.1 Å². The first kappa shape index (κ1) is 17.7. The summed E-state index contributed by atoms with van der Waals surface area (Å²) >= 11 is 1.50. The molecule has 2 aromatic carbocycles. The van der Waals surface area contributed by atoms with E-state index in [-0.39, 0.29) is 24.4 Å². The van der Waals surface area contributed by atoms with Gasteiger partial charge in [-0.15, -0.1) is 11.8 Å². The summed E-state index contributed by atoms with van der Waals surface area (Å²) in [6, 6.07) is 15.2. The van der Waals surface area contributed by atoms with Crippen molar-refractivity contribution >= 4 is 40.2 Å². The molecular weight excluding hydrogens is 360 g/mol. The summed E-state index contributed by atoms with van der Waals surface area (Å²) in [5.41, 5.74) is 2.62. The standard InChI is InChI=1S/C21H20N2O3S/c1-13-15-7-3-5-9-17(15)26-21(13)14(2)22-19(24)11-23-16-8-4-6-10-18(16)27-12-20(23)25/h3-10,14H,11-12H2,1-2H3,(H,22,24). The van der Waals surface area contributed by atoms with Gasteiger partial charge < -0.3 is 14.6 Å². The molecule has 0 aliphatic carbocycles. The number of amides is 2. The minimum absolute atomic E-state index is 0.0000225. The summed E-state index contributed by atoms with van der Waals surface area (Å²) in [5, 5.41) is 4.01. The molecule has 0 saturated heterocycles. The van der Waals surface area contributed by atoms with E-state index < -0.39 is 0 Å². The molecule has 1 unspecified atom stereocenters. The molecule has 2 amide bonds. The molecule has 0 radical (unpaired) electrons. The third kappa shape index (κ3) is 3.32. The number of hydrogen-bond donors (Lipinski definition) is 1. The van der Waals surface area contributed by atoms with Gasteiger partial charge in [0.1, 0.15) is 17.9 Å². The monoisotopic (exact) mass is 380 g/mol. The zero-order chi connectivity index (χ0) is 19.0. The Kier molecular flexibility index (Phi) is 4.66. The van der Waals surface area contributed by atoms with Gasteiger partial charge >= 0.3 is 0 Å². The number of carbonyl (C=O) groups excluding carboxylic acids is 2. The molecule has 0 spiro atoms. The van der Waals surface area contributed by atoms with Crippen molar-refractivity contribution in [3.8, 4) is 0 Å². The fourth-order valence-electron chi connectivity index (χ4n) is 3.43. The van der Waals surface area contributed by atoms with Crippen LogP contribution >= 0.6 is 11.8 Å². The SMILES string of the molecule is Cc1c(C(C)NC(=O)CN2C(=O)CSc3ccccc32)oc2ccccc12. The first-order chi connectivity index (χ1) is 13.0. The molecule has 1 aliphatic heterocycles. The van der Waals surface area contributed by atoms with Crippen molar-refractivity contribution < 1.29 is 14.0 Å². The molecule has 0 saturated carbocycles. The minimum Gasteiger partial charge on any atom is -0.459 e. The van der Waals surface area contributed by atoms with E-state index in [9.17, 15) is 9.59 Å². The maximum atomic E-state index is 12.6. The van der Waals surface area contributed by atoms with Gasteiger partial charge in [0, 0.05) is 15.8 Å². The van der Waals surface area contributed by atoms with Gasteiger partial charge in [-0.05, 0) is 32.0 Å². The first-order valence-electron chi connectivity index (χ1n) is 8.84. The van der Waals surface area contributed by atoms with E-state index in [0.29, 0.717) is 5.75 Å². The molecule has 1 atom stereocenters. The first-order valence-corrected chi connectivity index (χ1v) is 9.82. The van der Waals surface area contributed by atoms with Crippen molar-refractivity contribution in [3.05, 3.63) is 59.9 Å². The predicted octanol–water partition coefficient (Wildman–Crippen LogP) is 4.06. The van der Waals surface area contributed by atoms with Crippen molar-refractivity contribution in [2.45, 2.75) is 24.8 Å². The van der Waals surface area contributed by atoms with Crippen molar-refractivity contribution in [3.63, 3.8) is 0 Å². The van der Waals surface area contributed by atoms with Crippen LogP contribution in [-0.2, 0) is 9.59 Å². The van der Waals surface area contributed by atoms with E-state index in [2.05, 4.69) is 5.32 Å². The maximum absolute atomic E-state index is 12.6. The predicted molar refractivity (Wildman–Crippen MR) is 107 cm³/mol. The van der Waals surface area contributed by atoms with Gasteiger partial charge in [-0.1, -0.05) is 30.3 Å². The number of fused-ring (bicyclic) bond motifs is 2. The zero-order valence-corrected chi connectivity index (χ0v) is 16.0. The Morgan fingerprint density at radius 2 is 1.96 bits per heavy atom. The number of carbonyl (C=O) groups is 2. The number of nitrogens with zero attached hydrogens (tertiary/aromatic N) is 1. The van der Waals surface area contributed by atoms with Crippen LogP contribution in [0.1, 0.15) is 24.3 Å². The molecule has 138 valence electrons. The van der Waals surface area contributed by atoms with E-state index in [0.717, 1.165) is 32.9 Å². The van der Waals surface area contributed by atoms with Crippen molar-refractivity contribution in [1.82, 2.24) is 5.32 Å². The Balaban J connectivity index is 1.51. The average molecular weight is 380 g/mol.